The fraction of sp³-hybridized carbons (Fsp3) is 0.256. The normalized spacial score (nSPS) is 11.4. The van der Waals surface area contributed by atoms with Crippen molar-refractivity contribution in [1.29, 1.82) is 0 Å². The monoisotopic (exact) mass is 736 g/mol. The molecule has 0 unspecified atom stereocenters. The van der Waals surface area contributed by atoms with Gasteiger partial charge in [-0.25, -0.2) is 4.98 Å². The van der Waals surface area contributed by atoms with E-state index in [9.17, 15) is 0 Å². The summed E-state index contributed by atoms with van der Waals surface area (Å²) in [7, 11) is 0. The number of hydrogen-bond acceptors (Lipinski definition) is 3. The summed E-state index contributed by atoms with van der Waals surface area (Å²) in [5, 5.41) is 7.43. The molecule has 0 fully saturated rings. The first-order valence-corrected chi connectivity index (χ1v) is 17.0. The number of unbranched alkanes of at least 4 members (excludes halogenated alkanes) is 1. The Morgan fingerprint density at radius 3 is 2.31 bits per heavy atom. The molecule has 0 bridgehead atoms. The number of para-hydroxylation sites is 1. The standard InChI is InChI=1S/C43H42N4O.Pd/c1-8-9-16-39-43(42-29(5)13-12-14-30(42)6)31(7)45-47(39)33-23-32(27(2)3)24-35(25-33)48-34-18-19-37-36-15-10-11-17-38(36)46(40(37)26-34)41-22-28(4)20-21-44-41;/h10-15,17-24,27H,8-9,16H2,1-7H3;/q-2;+2. The van der Waals surface area contributed by atoms with Gasteiger partial charge >= 0.3 is 20.4 Å². The molecule has 250 valence electrons. The first-order chi connectivity index (χ1) is 23.2. The summed E-state index contributed by atoms with van der Waals surface area (Å²) in [6, 6.07) is 34.7. The van der Waals surface area contributed by atoms with Gasteiger partial charge in [0.15, 0.2) is 0 Å². The maximum atomic E-state index is 6.65. The molecule has 6 heteroatoms. The van der Waals surface area contributed by atoms with Gasteiger partial charge in [-0.2, -0.15) is 11.2 Å². The zero-order valence-corrected chi connectivity index (χ0v) is 30.8. The van der Waals surface area contributed by atoms with E-state index in [0.717, 1.165) is 63.8 Å². The van der Waals surface area contributed by atoms with E-state index in [2.05, 4.69) is 137 Å². The summed E-state index contributed by atoms with van der Waals surface area (Å²) < 4.78 is 10.9. The number of aryl methyl sites for hydroxylation is 4. The predicted octanol–water partition coefficient (Wildman–Crippen LogP) is 11.1. The molecule has 0 atom stereocenters. The van der Waals surface area contributed by atoms with Gasteiger partial charge in [0.2, 0.25) is 0 Å². The molecule has 0 aliphatic carbocycles. The number of rotatable bonds is 9. The second-order valence-electron chi connectivity index (χ2n) is 13.2. The summed E-state index contributed by atoms with van der Waals surface area (Å²) in [5.74, 6) is 2.42. The van der Waals surface area contributed by atoms with Crippen molar-refractivity contribution < 1.29 is 25.2 Å². The first kappa shape index (κ1) is 34.4. The third kappa shape index (κ3) is 6.48. The van der Waals surface area contributed by atoms with E-state index in [0.29, 0.717) is 11.5 Å². The topological polar surface area (TPSA) is 44.9 Å². The van der Waals surface area contributed by atoms with Crippen molar-refractivity contribution in [2.45, 2.75) is 73.6 Å². The van der Waals surface area contributed by atoms with E-state index in [-0.39, 0.29) is 26.3 Å². The fourth-order valence-electron chi connectivity index (χ4n) is 6.87. The number of aromatic nitrogens is 4. The molecule has 0 amide bonds. The second kappa shape index (κ2) is 14.2. The molecule has 7 rings (SSSR count). The third-order valence-electron chi connectivity index (χ3n) is 9.31. The van der Waals surface area contributed by atoms with Crippen LogP contribution in [0.15, 0.2) is 85.1 Å². The molecular formula is C43H42N4OPd. The van der Waals surface area contributed by atoms with Gasteiger partial charge in [0.05, 0.1) is 5.69 Å². The van der Waals surface area contributed by atoms with Gasteiger partial charge in [-0.05, 0) is 98.0 Å². The predicted molar refractivity (Wildman–Crippen MR) is 197 cm³/mol. The molecule has 49 heavy (non-hydrogen) atoms. The van der Waals surface area contributed by atoms with Gasteiger partial charge < -0.3 is 9.30 Å². The average molecular weight is 737 g/mol. The van der Waals surface area contributed by atoms with Gasteiger partial charge in [-0.1, -0.05) is 69.1 Å². The van der Waals surface area contributed by atoms with Gasteiger partial charge in [0, 0.05) is 34.5 Å². The zero-order valence-electron chi connectivity index (χ0n) is 29.3. The summed E-state index contributed by atoms with van der Waals surface area (Å²) >= 11 is 0. The summed E-state index contributed by atoms with van der Waals surface area (Å²) in [6.45, 7) is 15.3. The van der Waals surface area contributed by atoms with Gasteiger partial charge in [-0.3, -0.25) is 4.68 Å². The van der Waals surface area contributed by atoms with E-state index < -0.39 is 0 Å². The molecule has 0 spiro atoms. The first-order valence-electron chi connectivity index (χ1n) is 17.0. The second-order valence-corrected chi connectivity index (χ2v) is 13.2. The van der Waals surface area contributed by atoms with Crippen LogP contribution in [0.2, 0.25) is 0 Å². The van der Waals surface area contributed by atoms with Crippen molar-refractivity contribution in [3.05, 3.63) is 131 Å². The number of ether oxygens (including phenoxy) is 1. The van der Waals surface area contributed by atoms with Crippen LogP contribution in [0.5, 0.6) is 11.5 Å². The molecule has 5 nitrogen and oxygen atoms in total. The summed E-state index contributed by atoms with van der Waals surface area (Å²) in [6.07, 6.45) is 4.97. The van der Waals surface area contributed by atoms with E-state index in [1.165, 1.54) is 33.5 Å². The van der Waals surface area contributed by atoms with Gasteiger partial charge in [0.1, 0.15) is 5.82 Å². The van der Waals surface area contributed by atoms with Crippen molar-refractivity contribution >= 4 is 21.8 Å². The number of fused-ring (bicyclic) bond motifs is 3. The number of hydrogen-bond donors (Lipinski definition) is 0. The molecular weight excluding hydrogens is 695 g/mol. The Morgan fingerprint density at radius 2 is 1.57 bits per heavy atom. The Balaban J connectivity index is 0.00000417. The van der Waals surface area contributed by atoms with Crippen LogP contribution in [0.25, 0.3) is 44.4 Å². The molecule has 7 aromatic rings. The minimum atomic E-state index is 0. The molecule has 0 saturated carbocycles. The van der Waals surface area contributed by atoms with Crippen LogP contribution in [0.3, 0.4) is 0 Å². The molecule has 0 aliphatic heterocycles. The maximum Gasteiger partial charge on any atom is 2.00 e. The molecule has 3 heterocycles. The van der Waals surface area contributed by atoms with Crippen LogP contribution in [0.4, 0.5) is 0 Å². The smallest absolute Gasteiger partial charge is 0.509 e. The molecule has 3 aromatic heterocycles. The largest absolute Gasteiger partial charge is 2.00 e. The number of pyridine rings is 1. The Kier molecular flexibility index (Phi) is 9.93. The van der Waals surface area contributed by atoms with Crippen molar-refractivity contribution in [1.82, 2.24) is 19.3 Å². The van der Waals surface area contributed by atoms with Crippen molar-refractivity contribution in [3.63, 3.8) is 0 Å². The molecule has 0 aliphatic rings. The number of benzene rings is 4. The van der Waals surface area contributed by atoms with Crippen LogP contribution < -0.4 is 4.74 Å². The van der Waals surface area contributed by atoms with Crippen LogP contribution >= 0.6 is 0 Å². The Bertz CT molecular complexity index is 2270. The van der Waals surface area contributed by atoms with Gasteiger partial charge in [0.25, 0.3) is 0 Å². The Labute approximate surface area is 303 Å². The zero-order chi connectivity index (χ0) is 33.5. The van der Waals surface area contributed by atoms with E-state index in [1.807, 2.05) is 18.3 Å². The third-order valence-corrected chi connectivity index (χ3v) is 9.31. The minimum absolute atomic E-state index is 0. The van der Waals surface area contributed by atoms with Crippen LogP contribution in [-0.4, -0.2) is 19.3 Å². The minimum Gasteiger partial charge on any atom is -0.509 e. The van der Waals surface area contributed by atoms with Crippen LogP contribution in [0, 0.1) is 39.8 Å². The van der Waals surface area contributed by atoms with E-state index >= 15 is 0 Å². The maximum absolute atomic E-state index is 6.65. The average Bonchev–Trinajstić information content (AvgIpc) is 3.57. The van der Waals surface area contributed by atoms with Crippen molar-refractivity contribution in [2.24, 2.45) is 0 Å². The quantitative estimate of drug-likeness (QED) is 0.109. The molecule has 0 saturated heterocycles. The fourth-order valence-corrected chi connectivity index (χ4v) is 6.87. The van der Waals surface area contributed by atoms with Crippen LogP contribution in [-0.2, 0) is 26.8 Å². The Hall–Kier alpha value is -4.50. The van der Waals surface area contributed by atoms with E-state index in [1.54, 1.807) is 0 Å². The van der Waals surface area contributed by atoms with Gasteiger partial charge in [-0.15, -0.1) is 41.3 Å². The molecule has 0 radical (unpaired) electrons. The SMILES string of the molecule is CCCCc1c(-c2c(C)cccc2C)c(C)nn1-c1[c-]c(Oc2[c-]c3c(cc2)c2ccccc2n3-c2cc(C)ccn2)cc(C(C)C)c1.[Pd+2]. The molecule has 0 N–H and O–H groups in total. The van der Waals surface area contributed by atoms with Crippen LogP contribution in [0.1, 0.15) is 73.2 Å². The van der Waals surface area contributed by atoms with Crippen molar-refractivity contribution in [2.75, 3.05) is 0 Å². The number of nitrogens with zero attached hydrogens (tertiary/aromatic N) is 4. The Morgan fingerprint density at radius 1 is 0.796 bits per heavy atom. The van der Waals surface area contributed by atoms with Crippen molar-refractivity contribution in [3.8, 4) is 34.1 Å². The molecule has 4 aromatic carbocycles. The summed E-state index contributed by atoms with van der Waals surface area (Å²) in [5.41, 5.74) is 12.5. The summed E-state index contributed by atoms with van der Waals surface area (Å²) in [4.78, 5) is 4.73. The van der Waals surface area contributed by atoms with E-state index in [4.69, 9.17) is 14.8 Å².